The first kappa shape index (κ1) is 15.0. The molecular formula is C21H17Sb. The van der Waals surface area contributed by atoms with Crippen molar-refractivity contribution in [2.75, 3.05) is 0 Å². The molecule has 0 aliphatic heterocycles. The van der Waals surface area contributed by atoms with Crippen molar-refractivity contribution >= 4 is 27.2 Å². The van der Waals surface area contributed by atoms with E-state index in [1.165, 1.54) is 12.6 Å². The van der Waals surface area contributed by atoms with E-state index in [0.717, 1.165) is 5.56 Å². The molecule has 0 N–H and O–H groups in total. The quantitative estimate of drug-likeness (QED) is 0.465. The zero-order valence-corrected chi connectivity index (χ0v) is 15.1. The molecular weight excluding hydrogens is 374 g/mol. The SMILES string of the molecule is Cc1cc[c]([Sb]([C]#Cc2ccccc2)[c]2ccccc2)cc1. The molecule has 3 rings (SSSR count). The fourth-order valence-corrected chi connectivity index (χ4v) is 7.09. The predicted molar refractivity (Wildman–Crippen MR) is 96.0 cm³/mol. The first-order valence-corrected chi connectivity index (χ1v) is 11.1. The van der Waals surface area contributed by atoms with Gasteiger partial charge in [0.25, 0.3) is 0 Å². The molecule has 0 nitrogen and oxygen atoms in total. The number of hydrogen-bond acceptors (Lipinski definition) is 0. The van der Waals surface area contributed by atoms with E-state index in [4.69, 9.17) is 0 Å². The Kier molecular flexibility index (Phi) is 4.99. The van der Waals surface area contributed by atoms with E-state index >= 15 is 0 Å². The minimum atomic E-state index is -2.01. The normalized spacial score (nSPS) is 10.1. The second-order valence-corrected chi connectivity index (χ2v) is 10.6. The Bertz CT molecular complexity index is 778. The van der Waals surface area contributed by atoms with Crippen LogP contribution in [0.2, 0.25) is 0 Å². The fourth-order valence-electron chi connectivity index (χ4n) is 2.19. The third kappa shape index (κ3) is 3.82. The minimum absolute atomic E-state index is 1.10. The van der Waals surface area contributed by atoms with E-state index in [9.17, 15) is 0 Å². The van der Waals surface area contributed by atoms with Crippen LogP contribution in [0.4, 0.5) is 0 Å². The van der Waals surface area contributed by atoms with Gasteiger partial charge in [0, 0.05) is 0 Å². The maximum atomic E-state index is 3.62. The third-order valence-corrected chi connectivity index (χ3v) is 9.00. The zero-order valence-electron chi connectivity index (χ0n) is 12.5. The molecule has 22 heavy (non-hydrogen) atoms. The molecule has 0 aliphatic rings. The molecule has 0 amide bonds. The molecule has 0 fully saturated rings. The van der Waals surface area contributed by atoms with Gasteiger partial charge in [0.1, 0.15) is 0 Å². The van der Waals surface area contributed by atoms with E-state index in [0.29, 0.717) is 0 Å². The Labute approximate surface area is 139 Å². The molecule has 0 heterocycles. The Hall–Kier alpha value is -1.96. The van der Waals surface area contributed by atoms with Crippen LogP contribution in [0.1, 0.15) is 11.1 Å². The maximum absolute atomic E-state index is 3.62. The molecule has 0 saturated heterocycles. The molecule has 0 unspecified atom stereocenters. The molecule has 3 aromatic rings. The molecule has 0 radical (unpaired) electrons. The Balaban J connectivity index is 2.01. The van der Waals surface area contributed by atoms with Gasteiger partial charge in [-0.2, -0.15) is 0 Å². The Morgan fingerprint density at radius 1 is 0.636 bits per heavy atom. The van der Waals surface area contributed by atoms with Crippen molar-refractivity contribution < 1.29 is 0 Å². The van der Waals surface area contributed by atoms with Crippen molar-refractivity contribution in [3.05, 3.63) is 96.1 Å². The zero-order chi connectivity index (χ0) is 15.2. The van der Waals surface area contributed by atoms with Crippen molar-refractivity contribution in [3.63, 3.8) is 0 Å². The van der Waals surface area contributed by atoms with Crippen molar-refractivity contribution in [1.29, 1.82) is 0 Å². The van der Waals surface area contributed by atoms with Gasteiger partial charge in [-0.05, 0) is 0 Å². The number of hydrogen-bond donors (Lipinski definition) is 0. The summed E-state index contributed by atoms with van der Waals surface area (Å²) in [6.45, 7) is 2.13. The van der Waals surface area contributed by atoms with E-state index in [1.54, 1.807) is 0 Å². The van der Waals surface area contributed by atoms with E-state index < -0.39 is 20.2 Å². The summed E-state index contributed by atoms with van der Waals surface area (Å²) in [6.07, 6.45) is 0. The van der Waals surface area contributed by atoms with Gasteiger partial charge in [0.05, 0.1) is 0 Å². The topological polar surface area (TPSA) is 0 Å². The third-order valence-electron chi connectivity index (χ3n) is 3.39. The van der Waals surface area contributed by atoms with Crippen LogP contribution >= 0.6 is 0 Å². The molecule has 0 atom stereocenters. The molecule has 0 saturated carbocycles. The van der Waals surface area contributed by atoms with E-state index in [-0.39, 0.29) is 0 Å². The summed E-state index contributed by atoms with van der Waals surface area (Å²) in [5.74, 6) is 3.39. The van der Waals surface area contributed by atoms with E-state index in [1.807, 2.05) is 18.2 Å². The Morgan fingerprint density at radius 3 is 1.82 bits per heavy atom. The summed E-state index contributed by atoms with van der Waals surface area (Å²) in [6, 6.07) is 29.9. The summed E-state index contributed by atoms with van der Waals surface area (Å²) in [5.41, 5.74) is 2.40. The average Bonchev–Trinajstić information content (AvgIpc) is 2.58. The van der Waals surface area contributed by atoms with Gasteiger partial charge < -0.3 is 0 Å². The summed E-state index contributed by atoms with van der Waals surface area (Å²) in [4.78, 5) is 0. The summed E-state index contributed by atoms with van der Waals surface area (Å²) < 4.78 is 6.46. The average molecular weight is 391 g/mol. The van der Waals surface area contributed by atoms with Crippen LogP contribution < -0.4 is 7.02 Å². The van der Waals surface area contributed by atoms with Crippen LogP contribution in [0.15, 0.2) is 84.9 Å². The second-order valence-electron chi connectivity index (χ2n) is 5.11. The van der Waals surface area contributed by atoms with Crippen LogP contribution in [0.5, 0.6) is 0 Å². The summed E-state index contributed by atoms with van der Waals surface area (Å²) in [7, 11) is 0. The summed E-state index contributed by atoms with van der Waals surface area (Å²) >= 11 is -2.01. The van der Waals surface area contributed by atoms with E-state index in [2.05, 4.69) is 83.4 Å². The van der Waals surface area contributed by atoms with Crippen LogP contribution in [-0.4, -0.2) is 20.2 Å². The molecule has 3 aromatic carbocycles. The summed E-state index contributed by atoms with van der Waals surface area (Å²) in [5, 5.41) is 0. The first-order chi connectivity index (χ1) is 10.8. The number of aryl methyl sites for hydroxylation is 1. The second kappa shape index (κ2) is 7.35. The fraction of sp³-hybridized carbons (Fsp3) is 0.0476. The van der Waals surface area contributed by atoms with Crippen LogP contribution in [-0.2, 0) is 0 Å². The van der Waals surface area contributed by atoms with Gasteiger partial charge in [-0.3, -0.25) is 0 Å². The molecule has 106 valence electrons. The van der Waals surface area contributed by atoms with Gasteiger partial charge in [0.2, 0.25) is 0 Å². The Morgan fingerprint density at radius 2 is 1.18 bits per heavy atom. The van der Waals surface area contributed by atoms with Gasteiger partial charge in [-0.15, -0.1) is 0 Å². The molecule has 1 heteroatoms. The standard InChI is InChI=1S/C8H5.C7H7.C6H5.Sb/c1-2-8-6-4-3-5-7-8;1-7-5-3-2-4-6-7;1-2-4-6-5-3-1;/h3-7H;3-6H,1H3;1-5H;. The monoisotopic (exact) mass is 390 g/mol. The van der Waals surface area contributed by atoms with Gasteiger partial charge >= 0.3 is 140 Å². The van der Waals surface area contributed by atoms with Gasteiger partial charge in [-0.25, -0.2) is 0 Å². The molecule has 0 aliphatic carbocycles. The number of rotatable bonds is 2. The van der Waals surface area contributed by atoms with Crippen LogP contribution in [0.25, 0.3) is 0 Å². The van der Waals surface area contributed by atoms with Crippen molar-refractivity contribution in [2.24, 2.45) is 0 Å². The van der Waals surface area contributed by atoms with Gasteiger partial charge in [0.15, 0.2) is 0 Å². The molecule has 0 spiro atoms. The molecule has 0 aromatic heterocycles. The van der Waals surface area contributed by atoms with Gasteiger partial charge in [-0.1, -0.05) is 0 Å². The predicted octanol–water partition coefficient (Wildman–Crippen LogP) is 3.19. The van der Waals surface area contributed by atoms with Crippen molar-refractivity contribution in [2.45, 2.75) is 6.92 Å². The number of benzene rings is 3. The first-order valence-electron chi connectivity index (χ1n) is 7.31. The van der Waals surface area contributed by atoms with Crippen molar-refractivity contribution in [3.8, 4) is 9.79 Å². The van der Waals surface area contributed by atoms with Crippen LogP contribution in [0, 0.1) is 16.7 Å². The van der Waals surface area contributed by atoms with Crippen molar-refractivity contribution in [1.82, 2.24) is 0 Å². The van der Waals surface area contributed by atoms with Crippen LogP contribution in [0.3, 0.4) is 0 Å². The molecule has 0 bridgehead atoms.